The number of nitrogens with one attached hydrogen (secondary N) is 6. The Kier molecular flexibility index (Phi) is 23.9. The van der Waals surface area contributed by atoms with E-state index in [1.807, 2.05) is 0 Å². The van der Waals surface area contributed by atoms with Gasteiger partial charge < -0.3 is 79.3 Å². The van der Waals surface area contributed by atoms with Crippen LogP contribution in [0.2, 0.25) is 0 Å². The van der Waals surface area contributed by atoms with Crippen LogP contribution >= 0.6 is 12.6 Å². The number of nitrogens with two attached hydrogens (primary N) is 3. The number of rotatable bonds is 29. The number of aliphatic hydroxyl groups is 1. The van der Waals surface area contributed by atoms with Crippen molar-refractivity contribution in [3.8, 4) is 0 Å². The van der Waals surface area contributed by atoms with Gasteiger partial charge in [-0.25, -0.2) is 4.79 Å². The molecule has 0 aromatic carbocycles. The molecule has 0 unspecified atom stereocenters. The van der Waals surface area contributed by atoms with Gasteiger partial charge in [0.15, 0.2) is 6.04 Å². The van der Waals surface area contributed by atoms with Crippen molar-refractivity contribution in [3.05, 3.63) is 0 Å². The van der Waals surface area contributed by atoms with Gasteiger partial charge in [-0.1, -0.05) is 13.8 Å². The molecule has 2 aliphatic heterocycles. The van der Waals surface area contributed by atoms with Crippen molar-refractivity contribution in [2.24, 2.45) is 23.1 Å². The van der Waals surface area contributed by atoms with Gasteiger partial charge in [-0.05, 0) is 57.8 Å². The minimum atomic E-state index is -1.93. The van der Waals surface area contributed by atoms with Gasteiger partial charge in [-0.3, -0.25) is 57.5 Å². The van der Waals surface area contributed by atoms with Crippen molar-refractivity contribution in [3.63, 3.8) is 0 Å². The molecule has 2 saturated heterocycles. The van der Waals surface area contributed by atoms with E-state index in [4.69, 9.17) is 17.2 Å². The molecule has 2 fully saturated rings. The number of aliphatic hydroxyl groups excluding tert-OH is 1. The summed E-state index contributed by atoms with van der Waals surface area (Å²) in [6, 6.07) is -13.9. The van der Waals surface area contributed by atoms with Crippen LogP contribution in [0.4, 0.5) is 0 Å². The number of thiol groups is 1. The molecule has 392 valence electrons. The molecule has 10 amide bonds. The highest BCUT2D eigenvalue weighted by molar-refractivity contribution is 7.80. The van der Waals surface area contributed by atoms with Crippen LogP contribution in [0, 0.1) is 5.92 Å². The number of nitrogens with zero attached hydrogens (tertiary/aromatic N) is 2. The zero-order chi connectivity index (χ0) is 53.2. The summed E-state index contributed by atoms with van der Waals surface area (Å²) in [6.07, 6.45) is -4.58. The lowest BCUT2D eigenvalue weighted by atomic mass is 10.0. The van der Waals surface area contributed by atoms with Gasteiger partial charge in [0.2, 0.25) is 59.1 Å². The van der Waals surface area contributed by atoms with Crippen LogP contribution in [0.15, 0.2) is 0 Å². The highest BCUT2D eigenvalue weighted by Gasteiger charge is 2.45. The Morgan fingerprint density at radius 3 is 1.64 bits per heavy atom. The van der Waals surface area contributed by atoms with Crippen LogP contribution in [-0.4, -0.2) is 187 Å². The molecule has 0 aliphatic carbocycles. The summed E-state index contributed by atoms with van der Waals surface area (Å²) in [5.74, 6) is -15.1. The van der Waals surface area contributed by atoms with E-state index >= 15 is 0 Å². The SMILES string of the molecule is CC(C)C[C@H](NC(=O)[C@@H](N)CCC(N)=O)C(=O)N[C@@H](CS)C(=O)N[C@@H](CC(N)=O)C(=O)N[C@@H](CCC(=O)O)C(=O)N[C@@H](CC(=O)O)C(=O)N1CCC[C@H]1C(=O)N1CCC[C@H]1C(=O)N[C@H](C(=O)O)[C@@H](C)O. The Balaban J connectivity index is 2.32. The summed E-state index contributed by atoms with van der Waals surface area (Å²) in [6.45, 7) is 4.52. The molecule has 0 spiro atoms. The van der Waals surface area contributed by atoms with E-state index < -0.39 is 169 Å². The largest absolute Gasteiger partial charge is 0.481 e. The van der Waals surface area contributed by atoms with Gasteiger partial charge in [0.25, 0.3) is 0 Å². The molecule has 29 heteroatoms. The minimum absolute atomic E-state index is 0.0268. The number of carbonyl (C=O) groups excluding carboxylic acids is 10. The van der Waals surface area contributed by atoms with Gasteiger partial charge in [-0.15, -0.1) is 0 Å². The van der Waals surface area contributed by atoms with Crippen molar-refractivity contribution in [1.82, 2.24) is 41.7 Å². The molecule has 16 N–H and O–H groups in total. The lowest BCUT2D eigenvalue weighted by Gasteiger charge is -2.33. The molecule has 0 aromatic heterocycles. The smallest absolute Gasteiger partial charge is 0.328 e. The molecule has 0 aromatic rings. The number of aliphatic carboxylic acids is 3. The molecule has 10 atom stereocenters. The second-order valence-electron chi connectivity index (χ2n) is 17.4. The normalized spacial score (nSPS) is 18.9. The van der Waals surface area contributed by atoms with E-state index in [1.165, 1.54) is 0 Å². The zero-order valence-corrected chi connectivity index (χ0v) is 39.8. The van der Waals surface area contributed by atoms with Crippen LogP contribution in [0.1, 0.15) is 91.4 Å². The fraction of sp³-hybridized carbons (Fsp3) is 0.683. The molecule has 2 aliphatic rings. The molecule has 70 heavy (non-hydrogen) atoms. The van der Waals surface area contributed by atoms with E-state index in [9.17, 15) is 82.8 Å². The number of hydrogen-bond donors (Lipinski definition) is 14. The molecular weight excluding hydrogens is 951 g/mol. The average Bonchev–Trinajstić information content (AvgIpc) is 3.97. The summed E-state index contributed by atoms with van der Waals surface area (Å²) in [7, 11) is 0. The van der Waals surface area contributed by atoms with E-state index in [-0.39, 0.29) is 57.5 Å². The molecule has 0 radical (unpaired) electrons. The van der Waals surface area contributed by atoms with Crippen LogP contribution < -0.4 is 49.1 Å². The molecule has 0 bridgehead atoms. The van der Waals surface area contributed by atoms with Crippen LogP contribution in [0.5, 0.6) is 0 Å². The first-order chi connectivity index (χ1) is 32.7. The molecule has 2 heterocycles. The number of amides is 10. The van der Waals surface area contributed by atoms with Crippen LogP contribution in [0.3, 0.4) is 0 Å². The Morgan fingerprint density at radius 1 is 0.600 bits per heavy atom. The van der Waals surface area contributed by atoms with E-state index in [0.717, 1.165) is 16.7 Å². The van der Waals surface area contributed by atoms with Crippen molar-refractivity contribution in [1.29, 1.82) is 0 Å². The van der Waals surface area contributed by atoms with Gasteiger partial charge in [0.1, 0.15) is 42.3 Å². The third-order valence-corrected chi connectivity index (χ3v) is 11.6. The van der Waals surface area contributed by atoms with Crippen LogP contribution in [0.25, 0.3) is 0 Å². The summed E-state index contributed by atoms with van der Waals surface area (Å²) in [5.41, 5.74) is 16.3. The second kappa shape index (κ2) is 28.1. The zero-order valence-electron chi connectivity index (χ0n) is 38.9. The van der Waals surface area contributed by atoms with Crippen LogP contribution in [-0.2, 0) is 62.3 Å². The quantitative estimate of drug-likeness (QED) is 0.0310. The second-order valence-corrected chi connectivity index (χ2v) is 17.7. The molecular formula is C41H65N11O17S. The molecule has 2 rings (SSSR count). The van der Waals surface area contributed by atoms with Crippen molar-refractivity contribution >= 4 is 89.6 Å². The number of carboxylic acids is 3. The monoisotopic (exact) mass is 1020 g/mol. The first-order valence-electron chi connectivity index (χ1n) is 22.4. The van der Waals surface area contributed by atoms with Crippen molar-refractivity contribution < 1.29 is 82.8 Å². The summed E-state index contributed by atoms with van der Waals surface area (Å²) < 4.78 is 0. The highest BCUT2D eigenvalue weighted by Crippen LogP contribution is 2.26. The van der Waals surface area contributed by atoms with Gasteiger partial charge >= 0.3 is 17.9 Å². The van der Waals surface area contributed by atoms with Crippen molar-refractivity contribution in [2.75, 3.05) is 18.8 Å². The Hall–Kier alpha value is -6.62. The van der Waals surface area contributed by atoms with E-state index in [2.05, 4.69) is 44.5 Å². The first kappa shape index (κ1) is 59.5. The Labute approximate surface area is 407 Å². The molecule has 0 saturated carbocycles. The topological polar surface area (TPSA) is 460 Å². The summed E-state index contributed by atoms with van der Waals surface area (Å²) >= 11 is 4.11. The highest BCUT2D eigenvalue weighted by atomic mass is 32.1. The number of carboxylic acid groups (broad SMARTS) is 3. The summed E-state index contributed by atoms with van der Waals surface area (Å²) in [5, 5.41) is 52.1. The number of hydrogen-bond acceptors (Lipinski definition) is 16. The average molecular weight is 1020 g/mol. The van der Waals surface area contributed by atoms with E-state index in [1.54, 1.807) is 13.8 Å². The predicted octanol–water partition coefficient (Wildman–Crippen LogP) is -5.87. The standard InChI is InChI=1S/C41H65N11O17S/c1-18(2)14-22(46-33(60)20(42)8-10-28(43)54)35(62)49-25(17-70)37(64)47-23(15-29(44)55)36(63)45-21(9-11-30(56)57)34(61)48-24(16-31(58)59)39(66)52-13-5-7-27(52)40(67)51-12-4-6-26(51)38(65)50-32(19(3)53)41(68)69/h18-27,32,53,70H,4-17,42H2,1-3H3,(H2,43,54)(H2,44,55)(H,45,63)(H,46,60)(H,47,64)(H,48,61)(H,49,62)(H,50,65)(H,56,57)(H,58,59)(H,68,69)/t19-,20+,21+,22+,23+,24+,25+,26+,27+,32+/m1/s1. The lowest BCUT2D eigenvalue weighted by molar-refractivity contribution is -0.150. The maximum atomic E-state index is 14.1. The third-order valence-electron chi connectivity index (χ3n) is 11.2. The fourth-order valence-electron chi connectivity index (χ4n) is 7.64. The van der Waals surface area contributed by atoms with Gasteiger partial charge in [0, 0.05) is 31.7 Å². The maximum absolute atomic E-state index is 14.1. The first-order valence-corrected chi connectivity index (χ1v) is 23.0. The lowest BCUT2D eigenvalue weighted by Crippen LogP contribution is -2.61. The number of primary amides is 2. The Morgan fingerprint density at radius 2 is 1.11 bits per heavy atom. The number of likely N-dealkylation sites (tertiary alicyclic amines) is 2. The fourth-order valence-corrected chi connectivity index (χ4v) is 7.89. The van der Waals surface area contributed by atoms with Gasteiger partial charge in [-0.2, -0.15) is 12.6 Å². The molecule has 28 nitrogen and oxygen atoms in total. The summed E-state index contributed by atoms with van der Waals surface area (Å²) in [4.78, 5) is 169. The van der Waals surface area contributed by atoms with E-state index in [0.29, 0.717) is 6.42 Å². The number of carbonyl (C=O) groups is 13. The predicted molar refractivity (Wildman–Crippen MR) is 243 cm³/mol. The third kappa shape index (κ3) is 18.7. The van der Waals surface area contributed by atoms with Crippen molar-refractivity contribution in [2.45, 2.75) is 152 Å². The van der Waals surface area contributed by atoms with Gasteiger partial charge in [0.05, 0.1) is 25.0 Å². The minimum Gasteiger partial charge on any atom is -0.481 e. The Bertz CT molecular complexity index is 1990. The maximum Gasteiger partial charge on any atom is 0.328 e.